The number of fused-ring (bicyclic) bond motifs is 1. The van der Waals surface area contributed by atoms with Crippen molar-refractivity contribution >= 4 is 28.3 Å². The maximum Gasteiger partial charge on any atom is 0.265 e. The summed E-state index contributed by atoms with van der Waals surface area (Å²) in [5, 5.41) is 1.96. The van der Waals surface area contributed by atoms with Gasteiger partial charge in [-0.25, -0.2) is 0 Å². The van der Waals surface area contributed by atoms with Crippen LogP contribution in [0.5, 0.6) is 0 Å². The van der Waals surface area contributed by atoms with Crippen LogP contribution in [0.4, 0.5) is 0 Å². The number of aromatic nitrogens is 2. The first-order valence-electron chi connectivity index (χ1n) is 5.08. The quantitative estimate of drug-likeness (QED) is 0.725. The Balaban J connectivity index is 2.40. The molecule has 3 aromatic heterocycles. The summed E-state index contributed by atoms with van der Waals surface area (Å²) in [6, 6.07) is 7.59. The molecule has 0 saturated carbocycles. The van der Waals surface area contributed by atoms with E-state index in [9.17, 15) is 4.79 Å². The molecule has 84 valence electrons. The molecule has 4 nitrogen and oxygen atoms in total. The second-order valence-electron chi connectivity index (χ2n) is 3.62. The van der Waals surface area contributed by atoms with Crippen LogP contribution in [0.3, 0.4) is 0 Å². The number of primary amides is 1. The van der Waals surface area contributed by atoms with Gasteiger partial charge in [-0.05, 0) is 23.6 Å². The topological polar surface area (TPSA) is 71.8 Å². The molecule has 0 aromatic carbocycles. The second kappa shape index (κ2) is 3.71. The van der Waals surface area contributed by atoms with Crippen molar-refractivity contribution in [3.63, 3.8) is 0 Å². The number of rotatable bonds is 2. The van der Waals surface area contributed by atoms with E-state index in [4.69, 9.17) is 5.73 Å². The Morgan fingerprint density at radius 2 is 2.24 bits per heavy atom. The molecule has 0 aliphatic heterocycles. The summed E-state index contributed by atoms with van der Waals surface area (Å²) in [4.78, 5) is 19.8. The largest absolute Gasteiger partial charge is 0.364 e. The predicted molar refractivity (Wildman–Crippen MR) is 67.9 cm³/mol. The van der Waals surface area contributed by atoms with Crippen LogP contribution in [-0.2, 0) is 0 Å². The molecule has 0 aliphatic carbocycles. The van der Waals surface area contributed by atoms with Crippen molar-refractivity contribution in [3.05, 3.63) is 41.5 Å². The molecule has 0 saturated heterocycles. The van der Waals surface area contributed by atoms with Crippen LogP contribution >= 0.6 is 11.3 Å². The first-order chi connectivity index (χ1) is 8.27. The average Bonchev–Trinajstić information content (AvgIpc) is 2.94. The number of aromatic amines is 1. The van der Waals surface area contributed by atoms with Crippen molar-refractivity contribution in [2.75, 3.05) is 0 Å². The fourth-order valence-corrected chi connectivity index (χ4v) is 2.64. The van der Waals surface area contributed by atoms with Crippen LogP contribution in [0, 0.1) is 0 Å². The third-order valence-corrected chi connectivity index (χ3v) is 3.46. The summed E-state index contributed by atoms with van der Waals surface area (Å²) >= 11 is 1.56. The van der Waals surface area contributed by atoms with E-state index in [1.807, 2.05) is 29.6 Å². The van der Waals surface area contributed by atoms with Gasteiger partial charge in [-0.2, -0.15) is 0 Å². The molecule has 3 aromatic rings. The van der Waals surface area contributed by atoms with Crippen LogP contribution < -0.4 is 5.73 Å². The van der Waals surface area contributed by atoms with Crippen molar-refractivity contribution in [1.29, 1.82) is 0 Å². The second-order valence-corrected chi connectivity index (χ2v) is 4.56. The van der Waals surface area contributed by atoms with E-state index in [2.05, 4.69) is 9.97 Å². The molecule has 5 heteroatoms. The number of hydrogen-bond acceptors (Lipinski definition) is 3. The van der Waals surface area contributed by atoms with Gasteiger partial charge >= 0.3 is 0 Å². The Morgan fingerprint density at radius 3 is 2.94 bits per heavy atom. The van der Waals surface area contributed by atoms with E-state index >= 15 is 0 Å². The van der Waals surface area contributed by atoms with Gasteiger partial charge in [-0.1, -0.05) is 6.07 Å². The summed E-state index contributed by atoms with van der Waals surface area (Å²) in [6.45, 7) is 0. The van der Waals surface area contributed by atoms with Gasteiger partial charge in [0.15, 0.2) is 0 Å². The number of nitrogens with two attached hydrogens (primary N) is 1. The van der Waals surface area contributed by atoms with Crippen LogP contribution in [0.2, 0.25) is 0 Å². The highest BCUT2D eigenvalue weighted by Gasteiger charge is 2.18. The third-order valence-electron chi connectivity index (χ3n) is 2.57. The molecule has 0 aliphatic rings. The predicted octanol–water partition coefficient (Wildman–Crippen LogP) is 2.39. The molecule has 0 fully saturated rings. The van der Waals surface area contributed by atoms with Crippen LogP contribution in [0.15, 0.2) is 35.8 Å². The molecular weight excluding hydrogens is 234 g/mol. The first-order valence-corrected chi connectivity index (χ1v) is 5.95. The summed E-state index contributed by atoms with van der Waals surface area (Å²) in [5.74, 6) is -0.466. The number of nitrogens with zero attached hydrogens (tertiary/aromatic N) is 1. The monoisotopic (exact) mass is 243 g/mol. The van der Waals surface area contributed by atoms with Gasteiger partial charge < -0.3 is 10.7 Å². The molecule has 0 bridgehead atoms. The maximum absolute atomic E-state index is 11.5. The number of hydrogen-bond donors (Lipinski definition) is 2. The number of carbonyl (C=O) groups excluding carboxylic acids is 1. The molecule has 3 heterocycles. The van der Waals surface area contributed by atoms with E-state index in [-0.39, 0.29) is 0 Å². The lowest BCUT2D eigenvalue weighted by Gasteiger charge is -1.97. The SMILES string of the molecule is NC(=O)c1[nH]c2cccnc2c1-c1cccs1. The Morgan fingerprint density at radius 1 is 1.35 bits per heavy atom. The molecule has 1 amide bonds. The number of nitrogens with one attached hydrogen (secondary N) is 1. The number of pyridine rings is 1. The minimum Gasteiger partial charge on any atom is -0.364 e. The zero-order chi connectivity index (χ0) is 11.8. The molecule has 17 heavy (non-hydrogen) atoms. The van der Waals surface area contributed by atoms with Crippen molar-refractivity contribution in [3.8, 4) is 10.4 Å². The van der Waals surface area contributed by atoms with Gasteiger partial charge in [0.05, 0.1) is 11.0 Å². The minimum atomic E-state index is -0.466. The Kier molecular flexibility index (Phi) is 2.19. The molecular formula is C12H9N3OS. The van der Waals surface area contributed by atoms with E-state index in [1.54, 1.807) is 17.5 Å². The first kappa shape index (κ1) is 10.0. The van der Waals surface area contributed by atoms with Crippen molar-refractivity contribution in [2.24, 2.45) is 5.73 Å². The molecule has 0 radical (unpaired) electrons. The van der Waals surface area contributed by atoms with Gasteiger partial charge in [-0.15, -0.1) is 11.3 Å². The highest BCUT2D eigenvalue weighted by molar-refractivity contribution is 7.13. The normalized spacial score (nSPS) is 10.8. The lowest BCUT2D eigenvalue weighted by atomic mass is 10.1. The molecule has 3 rings (SSSR count). The summed E-state index contributed by atoms with van der Waals surface area (Å²) < 4.78 is 0. The van der Waals surface area contributed by atoms with Crippen molar-refractivity contribution < 1.29 is 4.79 Å². The zero-order valence-corrected chi connectivity index (χ0v) is 9.62. The fraction of sp³-hybridized carbons (Fsp3) is 0. The summed E-state index contributed by atoms with van der Waals surface area (Å²) in [5.41, 5.74) is 8.21. The fourth-order valence-electron chi connectivity index (χ4n) is 1.87. The molecule has 0 atom stereocenters. The average molecular weight is 243 g/mol. The smallest absolute Gasteiger partial charge is 0.265 e. The standard InChI is InChI=1S/C12H9N3OS/c13-12(16)11-9(8-4-2-6-17-8)10-7(15-11)3-1-5-14-10/h1-6,15H,(H2,13,16). The number of thiophene rings is 1. The Bertz CT molecular complexity index is 685. The van der Waals surface area contributed by atoms with Crippen LogP contribution in [0.1, 0.15) is 10.5 Å². The summed E-state index contributed by atoms with van der Waals surface area (Å²) in [6.07, 6.45) is 1.71. The number of carbonyl (C=O) groups is 1. The molecule has 0 unspecified atom stereocenters. The van der Waals surface area contributed by atoms with Gasteiger partial charge in [0.1, 0.15) is 5.69 Å². The maximum atomic E-state index is 11.5. The third kappa shape index (κ3) is 1.52. The Hall–Kier alpha value is -2.14. The van der Waals surface area contributed by atoms with Gasteiger partial charge in [-0.3, -0.25) is 9.78 Å². The highest BCUT2D eigenvalue weighted by atomic mass is 32.1. The van der Waals surface area contributed by atoms with Gasteiger partial charge in [0, 0.05) is 16.6 Å². The van der Waals surface area contributed by atoms with Gasteiger partial charge in [0.2, 0.25) is 0 Å². The lowest BCUT2D eigenvalue weighted by Crippen LogP contribution is -2.12. The lowest BCUT2D eigenvalue weighted by molar-refractivity contribution is 0.0997. The van der Waals surface area contributed by atoms with E-state index in [1.165, 1.54) is 0 Å². The van der Waals surface area contributed by atoms with Crippen molar-refractivity contribution in [1.82, 2.24) is 9.97 Å². The van der Waals surface area contributed by atoms with E-state index in [0.717, 1.165) is 21.5 Å². The molecule has 3 N–H and O–H groups in total. The minimum absolute atomic E-state index is 0.418. The van der Waals surface area contributed by atoms with Crippen LogP contribution in [-0.4, -0.2) is 15.9 Å². The van der Waals surface area contributed by atoms with E-state index < -0.39 is 5.91 Å². The highest BCUT2D eigenvalue weighted by Crippen LogP contribution is 2.33. The Labute approximate surface area is 101 Å². The van der Waals surface area contributed by atoms with Gasteiger partial charge in [0.25, 0.3) is 5.91 Å². The van der Waals surface area contributed by atoms with E-state index in [0.29, 0.717) is 5.69 Å². The van der Waals surface area contributed by atoms with Crippen LogP contribution in [0.25, 0.3) is 21.5 Å². The summed E-state index contributed by atoms with van der Waals surface area (Å²) in [7, 11) is 0. The number of H-pyrrole nitrogens is 1. The zero-order valence-electron chi connectivity index (χ0n) is 8.81. The van der Waals surface area contributed by atoms with Crippen molar-refractivity contribution in [2.45, 2.75) is 0 Å². The number of amides is 1. The molecule has 0 spiro atoms.